The lowest BCUT2D eigenvalue weighted by atomic mass is 10.0. The molecule has 2 aromatic heterocycles. The number of carbonyl (C=O) groups excluding carboxylic acids is 1. The second kappa shape index (κ2) is 9.96. The number of rotatable bonds is 8. The van der Waals surface area contributed by atoms with E-state index in [9.17, 15) is 9.18 Å². The van der Waals surface area contributed by atoms with Crippen LogP contribution in [0.3, 0.4) is 0 Å². The Morgan fingerprint density at radius 2 is 2.19 bits per heavy atom. The van der Waals surface area contributed by atoms with E-state index in [-0.39, 0.29) is 17.8 Å². The first-order valence-corrected chi connectivity index (χ1v) is 12.1. The van der Waals surface area contributed by atoms with Gasteiger partial charge in [-0.25, -0.2) is 4.39 Å². The van der Waals surface area contributed by atoms with Gasteiger partial charge >= 0.3 is 0 Å². The number of nitrogens with one attached hydrogen (secondary N) is 1. The van der Waals surface area contributed by atoms with Crippen LogP contribution in [-0.2, 0) is 25.8 Å². The molecular weight excluding hydrogens is 423 g/mol. The lowest BCUT2D eigenvalue weighted by Crippen LogP contribution is -2.43. The highest BCUT2D eigenvalue weighted by molar-refractivity contribution is 7.14. The fourth-order valence-electron chi connectivity index (χ4n) is 4.48. The second-order valence-electron chi connectivity index (χ2n) is 8.81. The molecule has 1 aromatic carbocycles. The first-order valence-electron chi connectivity index (χ1n) is 11.3. The molecule has 0 saturated heterocycles. The van der Waals surface area contributed by atoms with Crippen LogP contribution >= 0.6 is 11.3 Å². The second-order valence-corrected chi connectivity index (χ2v) is 9.95. The van der Waals surface area contributed by atoms with Crippen LogP contribution in [0.15, 0.2) is 36.5 Å². The SMILES string of the molecule is CCCc1cnn2c1-c1cc(C(=O)NC(Cc3cccc(F)c3)CN(C)C)sc1CCC2. The van der Waals surface area contributed by atoms with Crippen molar-refractivity contribution in [2.75, 3.05) is 20.6 Å². The van der Waals surface area contributed by atoms with Gasteiger partial charge in [-0.15, -0.1) is 11.3 Å². The fourth-order valence-corrected chi connectivity index (χ4v) is 5.59. The third kappa shape index (κ3) is 5.10. The number of carbonyl (C=O) groups is 1. The highest BCUT2D eigenvalue weighted by Gasteiger charge is 2.24. The van der Waals surface area contributed by atoms with Gasteiger partial charge in [-0.05, 0) is 69.1 Å². The summed E-state index contributed by atoms with van der Waals surface area (Å²) in [6, 6.07) is 8.54. The minimum Gasteiger partial charge on any atom is -0.347 e. The highest BCUT2D eigenvalue weighted by atomic mass is 32.1. The molecule has 1 unspecified atom stereocenters. The summed E-state index contributed by atoms with van der Waals surface area (Å²) in [5.74, 6) is -0.312. The maximum atomic E-state index is 13.7. The van der Waals surface area contributed by atoms with Crippen molar-refractivity contribution < 1.29 is 9.18 Å². The number of aryl methyl sites for hydroxylation is 3. The number of thiophene rings is 1. The van der Waals surface area contributed by atoms with E-state index in [0.29, 0.717) is 13.0 Å². The van der Waals surface area contributed by atoms with Crippen LogP contribution in [0.4, 0.5) is 4.39 Å². The quantitative estimate of drug-likeness (QED) is 0.543. The van der Waals surface area contributed by atoms with Crippen molar-refractivity contribution in [3.63, 3.8) is 0 Å². The molecule has 4 rings (SSSR count). The topological polar surface area (TPSA) is 50.2 Å². The van der Waals surface area contributed by atoms with Crippen molar-refractivity contribution in [3.05, 3.63) is 63.2 Å². The summed E-state index contributed by atoms with van der Waals surface area (Å²) in [4.78, 5) is 17.3. The van der Waals surface area contributed by atoms with Gasteiger partial charge in [0.25, 0.3) is 5.91 Å². The smallest absolute Gasteiger partial charge is 0.261 e. The first-order chi connectivity index (χ1) is 15.4. The highest BCUT2D eigenvalue weighted by Crippen LogP contribution is 2.37. The van der Waals surface area contributed by atoms with E-state index in [1.54, 1.807) is 23.5 Å². The molecule has 1 aliphatic rings. The minimum absolute atomic E-state index is 0.0607. The molecule has 3 aromatic rings. The van der Waals surface area contributed by atoms with Gasteiger partial charge in [0.15, 0.2) is 0 Å². The number of amides is 1. The lowest BCUT2D eigenvalue weighted by molar-refractivity contribution is 0.0934. The number of hydrogen-bond acceptors (Lipinski definition) is 4. The number of hydrogen-bond donors (Lipinski definition) is 1. The molecule has 1 atom stereocenters. The molecule has 1 aliphatic heterocycles. The van der Waals surface area contributed by atoms with Crippen molar-refractivity contribution in [2.24, 2.45) is 0 Å². The molecule has 0 aliphatic carbocycles. The zero-order chi connectivity index (χ0) is 22.7. The predicted molar refractivity (Wildman–Crippen MR) is 128 cm³/mol. The van der Waals surface area contributed by atoms with Gasteiger partial charge in [0.1, 0.15) is 5.82 Å². The monoisotopic (exact) mass is 454 g/mol. The van der Waals surface area contributed by atoms with Crippen LogP contribution in [0.5, 0.6) is 0 Å². The van der Waals surface area contributed by atoms with E-state index in [1.807, 2.05) is 37.3 Å². The number of likely N-dealkylation sites (N-methyl/N-ethyl adjacent to an activating group) is 1. The van der Waals surface area contributed by atoms with Gasteiger partial charge in [-0.3, -0.25) is 9.48 Å². The molecule has 5 nitrogen and oxygen atoms in total. The van der Waals surface area contributed by atoms with E-state index in [1.165, 1.54) is 22.2 Å². The molecule has 3 heterocycles. The lowest BCUT2D eigenvalue weighted by Gasteiger charge is -2.22. The van der Waals surface area contributed by atoms with E-state index >= 15 is 0 Å². The molecule has 32 heavy (non-hydrogen) atoms. The molecule has 1 amide bonds. The van der Waals surface area contributed by atoms with Gasteiger partial charge in [-0.1, -0.05) is 25.5 Å². The van der Waals surface area contributed by atoms with Crippen LogP contribution in [-0.4, -0.2) is 47.3 Å². The third-order valence-corrected chi connectivity index (χ3v) is 6.98. The minimum atomic E-state index is -0.251. The van der Waals surface area contributed by atoms with E-state index < -0.39 is 0 Å². The Balaban J connectivity index is 1.57. The Bertz CT molecular complexity index is 1090. The Kier molecular flexibility index (Phi) is 7.06. The third-order valence-electron chi connectivity index (χ3n) is 5.79. The van der Waals surface area contributed by atoms with Crippen molar-refractivity contribution >= 4 is 17.2 Å². The zero-order valence-corrected chi connectivity index (χ0v) is 19.8. The number of benzene rings is 1. The molecule has 0 spiro atoms. The van der Waals surface area contributed by atoms with Gasteiger partial charge in [0, 0.05) is 29.6 Å². The Hall–Kier alpha value is -2.51. The van der Waals surface area contributed by atoms with Gasteiger partial charge in [-0.2, -0.15) is 5.10 Å². The molecule has 0 bridgehead atoms. The van der Waals surface area contributed by atoms with Crippen LogP contribution in [0, 0.1) is 5.82 Å². The van der Waals surface area contributed by atoms with Crippen LogP contribution in [0.1, 0.15) is 45.4 Å². The summed E-state index contributed by atoms with van der Waals surface area (Å²) >= 11 is 1.59. The van der Waals surface area contributed by atoms with E-state index in [2.05, 4.69) is 22.0 Å². The molecule has 0 saturated carbocycles. The van der Waals surface area contributed by atoms with Crippen LogP contribution < -0.4 is 5.32 Å². The largest absolute Gasteiger partial charge is 0.347 e. The van der Waals surface area contributed by atoms with E-state index in [4.69, 9.17) is 0 Å². The van der Waals surface area contributed by atoms with Gasteiger partial charge in [0.05, 0.1) is 16.8 Å². The fraction of sp³-hybridized carbons (Fsp3) is 0.440. The average molecular weight is 455 g/mol. The summed E-state index contributed by atoms with van der Waals surface area (Å²) in [6.45, 7) is 3.78. The summed E-state index contributed by atoms with van der Waals surface area (Å²) < 4.78 is 15.8. The molecule has 170 valence electrons. The molecule has 0 radical (unpaired) electrons. The van der Waals surface area contributed by atoms with Crippen molar-refractivity contribution in [1.82, 2.24) is 20.0 Å². The zero-order valence-electron chi connectivity index (χ0n) is 19.0. The van der Waals surface area contributed by atoms with E-state index in [0.717, 1.165) is 48.2 Å². The Morgan fingerprint density at radius 1 is 1.34 bits per heavy atom. The molecule has 0 fully saturated rings. The number of nitrogens with zero attached hydrogens (tertiary/aromatic N) is 3. The van der Waals surface area contributed by atoms with Gasteiger partial charge in [0.2, 0.25) is 0 Å². The summed E-state index contributed by atoms with van der Waals surface area (Å²) in [5.41, 5.74) is 4.48. The standard InChI is InChI=1S/C25H31FN4OS/c1-4-7-18-15-27-30-11-6-10-22-21(24(18)30)14-23(32-22)25(31)28-20(16-29(2)3)13-17-8-5-9-19(26)12-17/h5,8-9,12,14-15,20H,4,6-7,10-11,13,16H2,1-3H3,(H,28,31). The molecule has 7 heteroatoms. The van der Waals surface area contributed by atoms with Crippen LogP contribution in [0.25, 0.3) is 11.3 Å². The van der Waals surface area contributed by atoms with Crippen molar-refractivity contribution in [1.29, 1.82) is 0 Å². The number of fused-ring (bicyclic) bond motifs is 3. The van der Waals surface area contributed by atoms with Crippen LogP contribution in [0.2, 0.25) is 0 Å². The maximum absolute atomic E-state index is 13.7. The summed E-state index contributed by atoms with van der Waals surface area (Å²) in [6.07, 6.45) is 6.62. The number of aromatic nitrogens is 2. The average Bonchev–Trinajstić information content (AvgIpc) is 3.28. The molecule has 1 N–H and O–H groups in total. The van der Waals surface area contributed by atoms with Gasteiger partial charge < -0.3 is 10.2 Å². The number of halogens is 1. The molecular formula is C25H31FN4OS. The van der Waals surface area contributed by atoms with Crippen molar-refractivity contribution in [3.8, 4) is 11.3 Å². The van der Waals surface area contributed by atoms with Crippen molar-refractivity contribution in [2.45, 2.75) is 51.6 Å². The maximum Gasteiger partial charge on any atom is 0.261 e. The predicted octanol–water partition coefficient (Wildman–Crippen LogP) is 4.55. The first kappa shape index (κ1) is 22.7. The Morgan fingerprint density at radius 3 is 2.94 bits per heavy atom. The summed E-state index contributed by atoms with van der Waals surface area (Å²) in [7, 11) is 3.96. The normalized spacial score (nSPS) is 14.0. The summed E-state index contributed by atoms with van der Waals surface area (Å²) in [5, 5.41) is 7.81. The Labute approximate surface area is 193 Å².